The Bertz CT molecular complexity index is 1630. The summed E-state index contributed by atoms with van der Waals surface area (Å²) in [6, 6.07) is 24.5. The van der Waals surface area contributed by atoms with E-state index in [1.54, 1.807) is 12.4 Å². The van der Waals surface area contributed by atoms with E-state index in [0.29, 0.717) is 29.2 Å². The first-order valence-electron chi connectivity index (χ1n) is 12.4. The maximum atomic E-state index is 13.8. The Morgan fingerprint density at radius 1 is 0.974 bits per heavy atom. The van der Waals surface area contributed by atoms with Crippen molar-refractivity contribution in [2.75, 3.05) is 0 Å². The van der Waals surface area contributed by atoms with E-state index in [0.717, 1.165) is 33.6 Å². The lowest BCUT2D eigenvalue weighted by molar-refractivity contribution is 0.0729. The third kappa shape index (κ3) is 4.18. The molecule has 38 heavy (non-hydrogen) atoms. The summed E-state index contributed by atoms with van der Waals surface area (Å²) in [4.78, 5) is 19.8. The molecule has 1 amide bonds. The summed E-state index contributed by atoms with van der Waals surface area (Å²) >= 11 is 0. The summed E-state index contributed by atoms with van der Waals surface area (Å²) in [7, 11) is 0. The molecule has 5 aromatic rings. The average molecular weight is 503 g/mol. The van der Waals surface area contributed by atoms with Gasteiger partial charge in [-0.15, -0.1) is 0 Å². The van der Waals surface area contributed by atoms with Crippen LogP contribution in [0.3, 0.4) is 0 Å². The molecule has 0 saturated carbocycles. The van der Waals surface area contributed by atoms with Crippen LogP contribution in [0, 0.1) is 13.8 Å². The van der Waals surface area contributed by atoms with E-state index in [1.165, 1.54) is 0 Å². The highest BCUT2D eigenvalue weighted by Gasteiger charge is 2.42. The molecule has 2 aromatic heterocycles. The van der Waals surface area contributed by atoms with Gasteiger partial charge in [-0.3, -0.25) is 14.9 Å². The van der Waals surface area contributed by atoms with Crippen LogP contribution < -0.4 is 4.74 Å². The number of aromatic nitrogens is 3. The number of hydrogen-bond donors (Lipinski definition) is 2. The van der Waals surface area contributed by atoms with Gasteiger partial charge in [-0.2, -0.15) is 5.10 Å². The number of aromatic amines is 1. The van der Waals surface area contributed by atoms with Crippen LogP contribution in [0.4, 0.5) is 0 Å². The zero-order valence-electron chi connectivity index (χ0n) is 21.1. The number of nitrogens with zero attached hydrogens (tertiary/aromatic N) is 3. The van der Waals surface area contributed by atoms with Crippen LogP contribution in [0.2, 0.25) is 0 Å². The molecule has 0 aliphatic carbocycles. The number of rotatable bonds is 6. The number of pyridine rings is 1. The summed E-state index contributed by atoms with van der Waals surface area (Å²) in [5.74, 6) is 1.38. The lowest BCUT2D eigenvalue weighted by Crippen LogP contribution is -2.29. The first kappa shape index (κ1) is 23.5. The zero-order chi connectivity index (χ0) is 26.2. The molecule has 0 bridgehead atoms. The number of amides is 1. The summed E-state index contributed by atoms with van der Waals surface area (Å²) in [5, 5.41) is 18.5. The molecule has 1 unspecified atom stereocenters. The standard InChI is InChI=1S/C31H26N4O3/c1-19-14-20(2)30(36)25(15-19)27-26-28(34-33-27)31(37)35(18-21-8-7-13-32-17-21)29(26)22-9-6-12-24(16-22)38-23-10-4-3-5-11-23/h3-17,29,36H,18H2,1-2H3,(H,33,34). The Morgan fingerprint density at radius 3 is 2.58 bits per heavy atom. The molecule has 1 aliphatic rings. The molecule has 0 spiro atoms. The van der Waals surface area contributed by atoms with Gasteiger partial charge in [0.05, 0.1) is 6.04 Å². The number of H-pyrrole nitrogens is 1. The van der Waals surface area contributed by atoms with Gasteiger partial charge < -0.3 is 14.7 Å². The third-order valence-corrected chi connectivity index (χ3v) is 6.79. The minimum absolute atomic E-state index is 0.156. The van der Waals surface area contributed by atoms with Gasteiger partial charge >= 0.3 is 0 Å². The second-order valence-corrected chi connectivity index (χ2v) is 9.52. The molecule has 0 saturated heterocycles. The highest BCUT2D eigenvalue weighted by molar-refractivity contribution is 6.00. The van der Waals surface area contributed by atoms with Crippen molar-refractivity contribution in [2.24, 2.45) is 0 Å². The van der Waals surface area contributed by atoms with Gasteiger partial charge in [-0.1, -0.05) is 42.5 Å². The number of benzene rings is 3. The second kappa shape index (κ2) is 9.52. The molecule has 7 heteroatoms. The monoisotopic (exact) mass is 502 g/mol. The molecule has 0 fully saturated rings. The molecule has 0 radical (unpaired) electrons. The lowest BCUT2D eigenvalue weighted by Gasteiger charge is -2.27. The minimum Gasteiger partial charge on any atom is -0.507 e. The fourth-order valence-electron chi connectivity index (χ4n) is 5.11. The molecule has 2 N–H and O–H groups in total. The second-order valence-electron chi connectivity index (χ2n) is 9.52. The van der Waals surface area contributed by atoms with Gasteiger partial charge in [-0.25, -0.2) is 0 Å². The Labute approximate surface area is 220 Å². The number of aromatic hydroxyl groups is 1. The Morgan fingerprint density at radius 2 is 1.79 bits per heavy atom. The first-order valence-corrected chi connectivity index (χ1v) is 12.4. The highest BCUT2D eigenvalue weighted by atomic mass is 16.5. The maximum Gasteiger partial charge on any atom is 0.273 e. The molecular formula is C31H26N4O3. The molecule has 1 atom stereocenters. The van der Waals surface area contributed by atoms with Crippen molar-refractivity contribution in [1.82, 2.24) is 20.1 Å². The SMILES string of the molecule is Cc1cc(C)c(O)c(-c2n[nH]c3c2C(c2cccc(Oc4ccccc4)c2)N(Cc2cccnc2)C3=O)c1. The van der Waals surface area contributed by atoms with Crippen molar-refractivity contribution in [2.45, 2.75) is 26.4 Å². The molecule has 3 heterocycles. The highest BCUT2D eigenvalue weighted by Crippen LogP contribution is 2.46. The van der Waals surface area contributed by atoms with Crippen molar-refractivity contribution >= 4 is 5.91 Å². The summed E-state index contributed by atoms with van der Waals surface area (Å²) < 4.78 is 6.12. The molecule has 1 aliphatic heterocycles. The van der Waals surface area contributed by atoms with Gasteiger partial charge in [0.25, 0.3) is 5.91 Å². The number of carbonyl (C=O) groups excluding carboxylic acids is 1. The number of hydrogen-bond acceptors (Lipinski definition) is 5. The van der Waals surface area contributed by atoms with Crippen molar-refractivity contribution in [3.8, 4) is 28.5 Å². The summed E-state index contributed by atoms with van der Waals surface area (Å²) in [5.41, 5.74) is 5.85. The number of ether oxygens (including phenoxy) is 1. The molecular weight excluding hydrogens is 476 g/mol. The van der Waals surface area contributed by atoms with E-state index in [9.17, 15) is 9.90 Å². The zero-order valence-corrected chi connectivity index (χ0v) is 21.1. The van der Waals surface area contributed by atoms with E-state index in [4.69, 9.17) is 4.74 Å². The minimum atomic E-state index is -0.453. The Kier molecular flexibility index (Phi) is 5.88. The van der Waals surface area contributed by atoms with Crippen molar-refractivity contribution in [3.63, 3.8) is 0 Å². The predicted molar refractivity (Wildman–Crippen MR) is 144 cm³/mol. The fourth-order valence-corrected chi connectivity index (χ4v) is 5.11. The number of nitrogens with one attached hydrogen (secondary N) is 1. The number of fused-ring (bicyclic) bond motifs is 1. The number of para-hydroxylation sites is 1. The Hall–Kier alpha value is -4.91. The first-order chi connectivity index (χ1) is 18.5. The normalized spacial score (nSPS) is 14.5. The number of aryl methyl sites for hydroxylation is 2. The predicted octanol–water partition coefficient (Wildman–Crippen LogP) is 6.33. The lowest BCUT2D eigenvalue weighted by atomic mass is 9.94. The van der Waals surface area contributed by atoms with E-state index < -0.39 is 6.04 Å². The van der Waals surface area contributed by atoms with Gasteiger partial charge in [0.2, 0.25) is 0 Å². The van der Waals surface area contributed by atoms with Crippen LogP contribution in [0.1, 0.15) is 44.3 Å². The molecule has 7 nitrogen and oxygen atoms in total. The quantitative estimate of drug-likeness (QED) is 0.283. The van der Waals surface area contributed by atoms with Gasteiger partial charge in [0, 0.05) is 30.1 Å². The van der Waals surface area contributed by atoms with Gasteiger partial charge in [-0.05, 0) is 72.5 Å². The average Bonchev–Trinajstić information content (AvgIpc) is 3.46. The summed E-state index contributed by atoms with van der Waals surface area (Å²) in [6.45, 7) is 4.20. The van der Waals surface area contributed by atoms with E-state index in [1.807, 2.05) is 97.6 Å². The largest absolute Gasteiger partial charge is 0.507 e. The van der Waals surface area contributed by atoms with E-state index in [-0.39, 0.29) is 11.7 Å². The van der Waals surface area contributed by atoms with Crippen LogP contribution in [-0.2, 0) is 6.54 Å². The molecule has 3 aromatic carbocycles. The number of phenolic OH excluding ortho intramolecular Hbond substituents is 1. The fraction of sp³-hybridized carbons (Fsp3) is 0.129. The number of phenols is 1. The van der Waals surface area contributed by atoms with Gasteiger partial charge in [0.15, 0.2) is 0 Å². The third-order valence-electron chi connectivity index (χ3n) is 6.79. The van der Waals surface area contributed by atoms with Crippen LogP contribution >= 0.6 is 0 Å². The van der Waals surface area contributed by atoms with E-state index >= 15 is 0 Å². The van der Waals surface area contributed by atoms with Crippen LogP contribution in [0.15, 0.2) is 91.3 Å². The van der Waals surface area contributed by atoms with Crippen LogP contribution in [-0.4, -0.2) is 31.1 Å². The van der Waals surface area contributed by atoms with E-state index in [2.05, 4.69) is 15.2 Å². The Balaban J connectivity index is 1.49. The van der Waals surface area contributed by atoms with Crippen molar-refractivity contribution in [3.05, 3.63) is 125 Å². The molecule has 188 valence electrons. The number of carbonyl (C=O) groups is 1. The molecule has 6 rings (SSSR count). The maximum absolute atomic E-state index is 13.8. The van der Waals surface area contributed by atoms with Crippen LogP contribution in [0.5, 0.6) is 17.2 Å². The van der Waals surface area contributed by atoms with Gasteiger partial charge in [0.1, 0.15) is 28.6 Å². The smallest absolute Gasteiger partial charge is 0.273 e. The van der Waals surface area contributed by atoms with Crippen molar-refractivity contribution in [1.29, 1.82) is 0 Å². The topological polar surface area (TPSA) is 91.3 Å². The van der Waals surface area contributed by atoms with Crippen molar-refractivity contribution < 1.29 is 14.6 Å². The summed E-state index contributed by atoms with van der Waals surface area (Å²) in [6.07, 6.45) is 3.48. The van der Waals surface area contributed by atoms with Crippen LogP contribution in [0.25, 0.3) is 11.3 Å².